The first-order chi connectivity index (χ1) is 23.2. The van der Waals surface area contributed by atoms with Gasteiger partial charge in [0.25, 0.3) is 0 Å². The minimum Gasteiger partial charge on any atom is -0.494 e. The average molecular weight is 563 g/mol. The van der Waals surface area contributed by atoms with Crippen LogP contribution < -0.4 is 20.3 Å². The number of carbonyl (C=O) groups is 1. The maximum Gasteiger partial charge on any atom is 0.247 e. The lowest BCUT2D eigenvalue weighted by atomic mass is 10.1. The summed E-state index contributed by atoms with van der Waals surface area (Å²) in [7, 11) is 0.834. The molecule has 1 fully saturated rings. The van der Waals surface area contributed by atoms with E-state index in [1.165, 1.54) is 23.0 Å². The highest BCUT2D eigenvalue weighted by Gasteiger charge is 2.20. The molecule has 41 heavy (non-hydrogen) atoms. The predicted octanol–water partition coefficient (Wildman–Crippen LogP) is 4.10. The van der Waals surface area contributed by atoms with Gasteiger partial charge in [0, 0.05) is 55.3 Å². The van der Waals surface area contributed by atoms with Crippen molar-refractivity contribution in [2.24, 2.45) is 0 Å². The van der Waals surface area contributed by atoms with Crippen molar-refractivity contribution in [1.82, 2.24) is 24.6 Å². The smallest absolute Gasteiger partial charge is 0.247 e. The fourth-order valence-corrected chi connectivity index (χ4v) is 4.32. The molecule has 0 atom stereocenters. The van der Waals surface area contributed by atoms with Crippen LogP contribution in [0.15, 0.2) is 73.5 Å². The molecule has 0 aliphatic carbocycles. The van der Waals surface area contributed by atoms with E-state index < -0.39 is 31.1 Å². The Morgan fingerprint density at radius 1 is 1.24 bits per heavy atom. The molecular formula is C30H34N8O3. The normalized spacial score (nSPS) is 16.3. The number of carbonyl (C=O) groups excluding carboxylic acids is 1. The summed E-state index contributed by atoms with van der Waals surface area (Å²) in [5.74, 6) is -0.269. The van der Waals surface area contributed by atoms with E-state index in [0.717, 1.165) is 6.08 Å². The summed E-state index contributed by atoms with van der Waals surface area (Å²) >= 11 is 0. The number of aromatic nitrogens is 4. The van der Waals surface area contributed by atoms with E-state index in [2.05, 4.69) is 32.3 Å². The van der Waals surface area contributed by atoms with E-state index in [1.54, 1.807) is 12.3 Å². The van der Waals surface area contributed by atoms with Gasteiger partial charge in [-0.1, -0.05) is 36.8 Å². The Bertz CT molecular complexity index is 1860. The first kappa shape index (κ1) is 19.4. The quantitative estimate of drug-likeness (QED) is 0.276. The van der Waals surface area contributed by atoms with E-state index in [1.807, 2.05) is 23.9 Å². The second-order valence-corrected chi connectivity index (χ2v) is 9.31. The maximum atomic E-state index is 12.4. The molecule has 0 saturated carbocycles. The van der Waals surface area contributed by atoms with E-state index >= 15 is 0 Å². The molecule has 0 radical (unpaired) electrons. The van der Waals surface area contributed by atoms with Gasteiger partial charge in [0.1, 0.15) is 5.75 Å². The number of ether oxygens (including phenoxy) is 2. The lowest BCUT2D eigenvalue weighted by Crippen LogP contribution is -2.36. The molecule has 0 unspecified atom stereocenters. The number of nitrogens with one attached hydrogen (secondary N) is 2. The Labute approximate surface area is 250 Å². The first-order valence-corrected chi connectivity index (χ1v) is 12.7. The van der Waals surface area contributed by atoms with Gasteiger partial charge in [-0.15, -0.1) is 0 Å². The third-order valence-corrected chi connectivity index (χ3v) is 6.14. The molecule has 2 aromatic carbocycles. The molecule has 11 nitrogen and oxygen atoms in total. The van der Waals surface area contributed by atoms with Gasteiger partial charge < -0.3 is 29.9 Å². The Morgan fingerprint density at radius 3 is 2.78 bits per heavy atom. The van der Waals surface area contributed by atoms with Crippen LogP contribution in [0.3, 0.4) is 0 Å². The van der Waals surface area contributed by atoms with Gasteiger partial charge in [-0.25, -0.2) is 9.67 Å². The molecule has 4 aromatic rings. The van der Waals surface area contributed by atoms with E-state index in [4.69, 9.17) is 20.4 Å². The highest BCUT2D eigenvalue weighted by molar-refractivity contribution is 6.02. The van der Waals surface area contributed by atoms with Gasteiger partial charge in [-0.2, -0.15) is 10.1 Å². The van der Waals surface area contributed by atoms with Crippen LogP contribution in [-0.2, 0) is 16.1 Å². The zero-order chi connectivity index (χ0) is 35.6. The Morgan fingerprint density at radius 2 is 2.05 bits per heavy atom. The van der Waals surface area contributed by atoms with Gasteiger partial charge in [0.15, 0.2) is 5.82 Å². The molecule has 1 aliphatic rings. The van der Waals surface area contributed by atoms with Crippen LogP contribution in [0.2, 0.25) is 0 Å². The monoisotopic (exact) mass is 562 g/mol. The molecule has 1 amide bonds. The van der Waals surface area contributed by atoms with Crippen molar-refractivity contribution in [3.05, 3.63) is 79.0 Å². The minimum atomic E-state index is -2.81. The summed E-state index contributed by atoms with van der Waals surface area (Å²) in [5, 5.41) is 10.4. The van der Waals surface area contributed by atoms with Crippen LogP contribution in [0.4, 0.5) is 23.0 Å². The standard InChI is InChI=1S/C30H34N8O3/c1-5-28(39)32-23-17-24(26(40-4)18-25(23)37-13-15-41-16-14-37)33-30-31-12-11-27(34-30)38-20-22(19-36(2)3)29(35-38)21-9-7-6-8-10-21/h5-12,17-18,20H,1,13-16,19H2,2-4H3,(H,32,39)(H,31,33,34)/i4D3,6D,7D,8D,9D,10D. The summed E-state index contributed by atoms with van der Waals surface area (Å²) in [6.45, 7) is 5.71. The number of amides is 1. The van der Waals surface area contributed by atoms with Gasteiger partial charge in [0.05, 0.1) is 54.0 Å². The molecule has 1 aliphatic heterocycles. The second kappa shape index (κ2) is 12.6. The number of hydrogen-bond donors (Lipinski definition) is 2. The summed E-state index contributed by atoms with van der Waals surface area (Å²) in [5.41, 5.74) is 1.73. The number of nitrogens with zero attached hydrogens (tertiary/aromatic N) is 6. The number of benzene rings is 2. The van der Waals surface area contributed by atoms with Crippen LogP contribution in [-0.4, -0.2) is 78.0 Å². The van der Waals surface area contributed by atoms with Crippen molar-refractivity contribution in [3.8, 4) is 22.8 Å². The fourth-order valence-electron chi connectivity index (χ4n) is 4.32. The molecule has 212 valence electrons. The Hall–Kier alpha value is -4.74. The highest BCUT2D eigenvalue weighted by Crippen LogP contribution is 2.38. The highest BCUT2D eigenvalue weighted by atomic mass is 16.5. The molecule has 0 spiro atoms. The summed E-state index contributed by atoms with van der Waals surface area (Å²) < 4.78 is 76.8. The molecular weight excluding hydrogens is 520 g/mol. The first-order valence-electron chi connectivity index (χ1n) is 16.7. The van der Waals surface area contributed by atoms with E-state index in [9.17, 15) is 4.79 Å². The summed E-state index contributed by atoms with van der Waals surface area (Å²) in [6, 6.07) is 2.35. The number of hydrogen-bond acceptors (Lipinski definition) is 9. The van der Waals surface area contributed by atoms with Gasteiger partial charge in [-0.3, -0.25) is 4.79 Å². The third-order valence-electron chi connectivity index (χ3n) is 6.14. The van der Waals surface area contributed by atoms with Gasteiger partial charge >= 0.3 is 0 Å². The molecule has 0 bridgehead atoms. The van der Waals surface area contributed by atoms with Gasteiger partial charge in [-0.05, 0) is 26.2 Å². The van der Waals surface area contributed by atoms with E-state index in [-0.39, 0.29) is 46.5 Å². The van der Waals surface area contributed by atoms with Crippen LogP contribution in [0.1, 0.15) is 16.5 Å². The van der Waals surface area contributed by atoms with Crippen molar-refractivity contribution in [2.45, 2.75) is 6.54 Å². The third kappa shape index (κ3) is 6.53. The number of anilines is 4. The van der Waals surface area contributed by atoms with Crippen molar-refractivity contribution in [3.63, 3.8) is 0 Å². The summed E-state index contributed by atoms with van der Waals surface area (Å²) in [6.07, 6.45) is 4.20. The molecule has 2 N–H and O–H groups in total. The van der Waals surface area contributed by atoms with Crippen molar-refractivity contribution < 1.29 is 25.2 Å². The SMILES string of the molecule is [2H]c1c([2H])c([2H])c(-c2nn(-c3ccnc(Nc4cc(NC(=O)C=C)c(N5CCOCC5)cc4OC([2H])([2H])[2H])n3)cc2CN(C)C)c([2H])c1[2H]. The Kier molecular flexibility index (Phi) is 5.96. The van der Waals surface area contributed by atoms with Crippen LogP contribution >= 0.6 is 0 Å². The number of methoxy groups -OCH3 is 1. The molecule has 1 saturated heterocycles. The van der Waals surface area contributed by atoms with Crippen LogP contribution in [0, 0.1) is 0 Å². The molecule has 2 aromatic heterocycles. The summed E-state index contributed by atoms with van der Waals surface area (Å²) in [4.78, 5) is 25.0. The van der Waals surface area contributed by atoms with Crippen LogP contribution in [0.25, 0.3) is 17.1 Å². The number of morpholine rings is 1. The minimum absolute atomic E-state index is 0.0158. The molecule has 11 heteroatoms. The van der Waals surface area contributed by atoms with Crippen molar-refractivity contribution >= 4 is 28.9 Å². The fraction of sp³-hybridized carbons (Fsp3) is 0.267. The largest absolute Gasteiger partial charge is 0.494 e. The lowest BCUT2D eigenvalue weighted by Gasteiger charge is -2.31. The van der Waals surface area contributed by atoms with Gasteiger partial charge in [0.2, 0.25) is 11.9 Å². The van der Waals surface area contributed by atoms with Crippen molar-refractivity contribution in [2.75, 3.05) is 63.0 Å². The zero-order valence-corrected chi connectivity index (χ0v) is 22.6. The topological polar surface area (TPSA) is 110 Å². The van der Waals surface area contributed by atoms with Crippen molar-refractivity contribution in [1.29, 1.82) is 0 Å². The van der Waals surface area contributed by atoms with E-state index in [0.29, 0.717) is 49.8 Å². The second-order valence-electron chi connectivity index (χ2n) is 9.31. The predicted molar refractivity (Wildman–Crippen MR) is 160 cm³/mol. The number of rotatable bonds is 10. The molecule has 3 heterocycles. The lowest BCUT2D eigenvalue weighted by molar-refractivity contribution is -0.111. The molecule has 5 rings (SSSR count). The average Bonchev–Trinajstić information content (AvgIpc) is 3.46. The maximum absolute atomic E-state index is 12.4. The Balaban J connectivity index is 1.58. The zero-order valence-electron chi connectivity index (χ0n) is 30.6. The van der Waals surface area contributed by atoms with Crippen LogP contribution in [0.5, 0.6) is 5.75 Å².